The molecular formula is C20H24ClN5O. The van der Waals surface area contributed by atoms with Gasteiger partial charge >= 0.3 is 0 Å². The quantitative estimate of drug-likeness (QED) is 0.650. The van der Waals surface area contributed by atoms with Gasteiger partial charge in [-0.15, -0.1) is 0 Å². The predicted octanol–water partition coefficient (Wildman–Crippen LogP) is 3.69. The first-order valence-corrected chi connectivity index (χ1v) is 9.33. The summed E-state index contributed by atoms with van der Waals surface area (Å²) >= 11 is 6.23. The largest absolute Gasteiger partial charge is 0.336 e. The third-order valence-corrected chi connectivity index (χ3v) is 5.11. The average molecular weight is 386 g/mol. The van der Waals surface area contributed by atoms with Gasteiger partial charge < -0.3 is 4.90 Å². The maximum atomic E-state index is 12.8. The standard InChI is InChI=1S/C20H24ClN5O/c1-5-25-10-9-18(23-25)13-24(4)20(27)17-8-6-7-16(11-17)12-26-15(3)19(21)14(2)22-26/h6-11H,5,12-13H2,1-4H3. The lowest BCUT2D eigenvalue weighted by Crippen LogP contribution is -2.26. The minimum absolute atomic E-state index is 0.0331. The number of aromatic nitrogens is 4. The molecule has 0 atom stereocenters. The van der Waals surface area contributed by atoms with Crippen LogP contribution in [0.5, 0.6) is 0 Å². The Balaban J connectivity index is 1.73. The Morgan fingerprint density at radius 3 is 2.63 bits per heavy atom. The van der Waals surface area contributed by atoms with Crippen molar-refractivity contribution in [3.63, 3.8) is 0 Å². The Bertz CT molecular complexity index is 959. The number of carbonyl (C=O) groups is 1. The molecule has 2 heterocycles. The van der Waals surface area contributed by atoms with Crippen LogP contribution in [0, 0.1) is 13.8 Å². The lowest BCUT2D eigenvalue weighted by Gasteiger charge is -2.16. The molecule has 27 heavy (non-hydrogen) atoms. The van der Waals surface area contributed by atoms with E-state index in [2.05, 4.69) is 10.2 Å². The van der Waals surface area contributed by atoms with Crippen molar-refractivity contribution >= 4 is 17.5 Å². The highest BCUT2D eigenvalue weighted by Gasteiger charge is 2.15. The highest BCUT2D eigenvalue weighted by atomic mass is 35.5. The molecule has 7 heteroatoms. The van der Waals surface area contributed by atoms with Crippen LogP contribution in [0.15, 0.2) is 36.5 Å². The fourth-order valence-corrected chi connectivity index (χ4v) is 3.14. The Kier molecular flexibility index (Phi) is 5.65. The van der Waals surface area contributed by atoms with Gasteiger partial charge in [-0.3, -0.25) is 14.2 Å². The van der Waals surface area contributed by atoms with Crippen molar-refractivity contribution in [2.75, 3.05) is 7.05 Å². The van der Waals surface area contributed by atoms with Crippen molar-refractivity contribution in [3.05, 3.63) is 69.8 Å². The number of hydrogen-bond donors (Lipinski definition) is 0. The van der Waals surface area contributed by atoms with Gasteiger partial charge in [-0.2, -0.15) is 10.2 Å². The van der Waals surface area contributed by atoms with E-state index in [1.54, 1.807) is 11.9 Å². The van der Waals surface area contributed by atoms with Gasteiger partial charge in [-0.25, -0.2) is 0 Å². The molecule has 0 aliphatic heterocycles. The van der Waals surface area contributed by atoms with Crippen LogP contribution in [0.25, 0.3) is 0 Å². The molecule has 0 saturated carbocycles. The van der Waals surface area contributed by atoms with Gasteiger partial charge in [-0.05, 0) is 44.5 Å². The van der Waals surface area contributed by atoms with E-state index in [-0.39, 0.29) is 5.91 Å². The van der Waals surface area contributed by atoms with Crippen LogP contribution < -0.4 is 0 Å². The summed E-state index contributed by atoms with van der Waals surface area (Å²) in [7, 11) is 1.79. The van der Waals surface area contributed by atoms with E-state index < -0.39 is 0 Å². The van der Waals surface area contributed by atoms with Crippen molar-refractivity contribution in [1.29, 1.82) is 0 Å². The normalized spacial score (nSPS) is 11.0. The zero-order chi connectivity index (χ0) is 19.6. The molecule has 142 valence electrons. The molecule has 0 spiro atoms. The van der Waals surface area contributed by atoms with Crippen molar-refractivity contribution < 1.29 is 4.79 Å². The molecule has 0 unspecified atom stereocenters. The molecule has 0 bridgehead atoms. The molecule has 0 fully saturated rings. The van der Waals surface area contributed by atoms with Gasteiger partial charge in [-0.1, -0.05) is 23.7 Å². The van der Waals surface area contributed by atoms with E-state index in [0.29, 0.717) is 23.7 Å². The second-order valence-electron chi connectivity index (χ2n) is 6.67. The fraction of sp³-hybridized carbons (Fsp3) is 0.350. The number of carbonyl (C=O) groups excluding carboxylic acids is 1. The maximum absolute atomic E-state index is 12.8. The Morgan fingerprint density at radius 1 is 1.22 bits per heavy atom. The molecule has 1 aromatic carbocycles. The van der Waals surface area contributed by atoms with Gasteiger partial charge in [0.1, 0.15) is 0 Å². The van der Waals surface area contributed by atoms with Crippen molar-refractivity contribution in [3.8, 4) is 0 Å². The van der Waals surface area contributed by atoms with Crippen LogP contribution in [-0.4, -0.2) is 37.4 Å². The summed E-state index contributed by atoms with van der Waals surface area (Å²) in [6, 6.07) is 9.57. The third kappa shape index (κ3) is 4.22. The first kappa shape index (κ1) is 19.2. The molecule has 0 saturated heterocycles. The molecule has 2 aromatic heterocycles. The first-order valence-electron chi connectivity index (χ1n) is 8.95. The zero-order valence-corrected chi connectivity index (χ0v) is 16.9. The van der Waals surface area contributed by atoms with Gasteiger partial charge in [0.05, 0.1) is 35.2 Å². The van der Waals surface area contributed by atoms with Crippen LogP contribution >= 0.6 is 11.6 Å². The van der Waals surface area contributed by atoms with Crippen molar-refractivity contribution in [2.24, 2.45) is 0 Å². The molecule has 1 amide bonds. The summed E-state index contributed by atoms with van der Waals surface area (Å²) in [4.78, 5) is 14.5. The van der Waals surface area contributed by atoms with E-state index in [1.807, 2.05) is 66.7 Å². The number of nitrogens with zero attached hydrogens (tertiary/aromatic N) is 5. The van der Waals surface area contributed by atoms with Crippen LogP contribution in [-0.2, 0) is 19.6 Å². The number of aryl methyl sites for hydroxylation is 2. The SMILES string of the molecule is CCn1ccc(CN(C)C(=O)c2cccc(Cn3nc(C)c(Cl)c3C)c2)n1. The van der Waals surface area contributed by atoms with Gasteiger partial charge in [0.2, 0.25) is 0 Å². The molecule has 0 aliphatic rings. The molecule has 6 nitrogen and oxygen atoms in total. The topological polar surface area (TPSA) is 56.0 Å². The summed E-state index contributed by atoms with van der Waals surface area (Å²) < 4.78 is 3.72. The fourth-order valence-electron chi connectivity index (χ4n) is 3.00. The number of amides is 1. The third-order valence-electron chi connectivity index (χ3n) is 4.57. The lowest BCUT2D eigenvalue weighted by atomic mass is 10.1. The zero-order valence-electron chi connectivity index (χ0n) is 16.1. The molecule has 0 N–H and O–H groups in total. The van der Waals surface area contributed by atoms with E-state index >= 15 is 0 Å². The molecule has 0 aliphatic carbocycles. The highest BCUT2D eigenvalue weighted by molar-refractivity contribution is 6.31. The number of benzene rings is 1. The van der Waals surface area contributed by atoms with E-state index in [1.165, 1.54) is 0 Å². The summed E-state index contributed by atoms with van der Waals surface area (Å²) in [5.74, 6) is -0.0331. The second-order valence-corrected chi connectivity index (χ2v) is 7.04. The minimum Gasteiger partial charge on any atom is -0.336 e. The molecular weight excluding hydrogens is 362 g/mol. The van der Waals surface area contributed by atoms with E-state index in [0.717, 1.165) is 29.2 Å². The van der Waals surface area contributed by atoms with Gasteiger partial charge in [0, 0.05) is 25.4 Å². The maximum Gasteiger partial charge on any atom is 0.253 e. The van der Waals surface area contributed by atoms with Crippen molar-refractivity contribution in [1.82, 2.24) is 24.5 Å². The Labute approximate surface area is 164 Å². The van der Waals surface area contributed by atoms with Crippen LogP contribution in [0.4, 0.5) is 0 Å². The number of hydrogen-bond acceptors (Lipinski definition) is 3. The Hall–Kier alpha value is -2.60. The molecule has 0 radical (unpaired) electrons. The predicted molar refractivity (Wildman–Crippen MR) is 106 cm³/mol. The lowest BCUT2D eigenvalue weighted by molar-refractivity contribution is 0.0783. The summed E-state index contributed by atoms with van der Waals surface area (Å²) in [5, 5.41) is 9.59. The van der Waals surface area contributed by atoms with E-state index in [4.69, 9.17) is 11.6 Å². The van der Waals surface area contributed by atoms with Gasteiger partial charge in [0.15, 0.2) is 0 Å². The second kappa shape index (κ2) is 7.96. The first-order chi connectivity index (χ1) is 12.9. The number of rotatable bonds is 6. The monoisotopic (exact) mass is 385 g/mol. The highest BCUT2D eigenvalue weighted by Crippen LogP contribution is 2.20. The summed E-state index contributed by atoms with van der Waals surface area (Å²) in [6.45, 7) is 7.73. The van der Waals surface area contributed by atoms with Crippen molar-refractivity contribution in [2.45, 2.75) is 40.4 Å². The Morgan fingerprint density at radius 2 is 2.00 bits per heavy atom. The van der Waals surface area contributed by atoms with Crippen LogP contribution in [0.3, 0.4) is 0 Å². The minimum atomic E-state index is -0.0331. The molecule has 3 aromatic rings. The number of halogens is 1. The van der Waals surface area contributed by atoms with E-state index in [9.17, 15) is 4.79 Å². The average Bonchev–Trinajstić information content (AvgIpc) is 3.21. The van der Waals surface area contributed by atoms with Gasteiger partial charge in [0.25, 0.3) is 5.91 Å². The van der Waals surface area contributed by atoms with Crippen LogP contribution in [0.1, 0.15) is 39.9 Å². The molecule has 3 rings (SSSR count). The summed E-state index contributed by atoms with van der Waals surface area (Å²) in [6.07, 6.45) is 1.92. The van der Waals surface area contributed by atoms with Crippen LogP contribution in [0.2, 0.25) is 5.02 Å². The summed E-state index contributed by atoms with van der Waals surface area (Å²) in [5.41, 5.74) is 4.27. The smallest absolute Gasteiger partial charge is 0.253 e.